The largest absolute Gasteiger partial charge is 0.461 e. The van der Waals surface area contributed by atoms with Gasteiger partial charge < -0.3 is 20.2 Å². The van der Waals surface area contributed by atoms with E-state index in [0.717, 1.165) is 0 Å². The SMILES string of the molecule is CC(=O)CC1(O)CCN(c2cc3nc(-c4ccco4)nn3c(N)n2)CC1. The van der Waals surface area contributed by atoms with Crippen molar-refractivity contribution in [3.63, 3.8) is 0 Å². The fraction of sp³-hybridized carbons (Fsp3) is 0.412. The number of nitrogens with two attached hydrogens (primary N) is 1. The van der Waals surface area contributed by atoms with Crippen LogP contribution in [-0.4, -0.2) is 49.2 Å². The first-order chi connectivity index (χ1) is 12.4. The van der Waals surface area contributed by atoms with Crippen LogP contribution in [0.4, 0.5) is 11.8 Å². The van der Waals surface area contributed by atoms with Crippen LogP contribution in [0, 0.1) is 0 Å². The molecule has 0 atom stereocenters. The van der Waals surface area contributed by atoms with E-state index in [4.69, 9.17) is 10.2 Å². The van der Waals surface area contributed by atoms with Crippen molar-refractivity contribution in [3.05, 3.63) is 24.5 Å². The van der Waals surface area contributed by atoms with Crippen LogP contribution in [0.2, 0.25) is 0 Å². The van der Waals surface area contributed by atoms with Crippen molar-refractivity contribution in [3.8, 4) is 11.6 Å². The number of piperidine rings is 1. The Morgan fingerprint density at radius 2 is 2.15 bits per heavy atom. The lowest BCUT2D eigenvalue weighted by Crippen LogP contribution is -2.45. The van der Waals surface area contributed by atoms with Crippen molar-refractivity contribution in [1.82, 2.24) is 19.6 Å². The van der Waals surface area contributed by atoms with Gasteiger partial charge in [0, 0.05) is 25.6 Å². The first-order valence-electron chi connectivity index (χ1n) is 8.47. The van der Waals surface area contributed by atoms with Gasteiger partial charge in [-0.25, -0.2) is 4.98 Å². The molecule has 3 aromatic heterocycles. The Hall–Kier alpha value is -2.94. The smallest absolute Gasteiger partial charge is 0.225 e. The fourth-order valence-corrected chi connectivity index (χ4v) is 3.36. The molecule has 4 rings (SSSR count). The monoisotopic (exact) mass is 356 g/mol. The predicted molar refractivity (Wildman–Crippen MR) is 94.6 cm³/mol. The highest BCUT2D eigenvalue weighted by Gasteiger charge is 2.34. The van der Waals surface area contributed by atoms with Gasteiger partial charge in [-0.15, -0.1) is 5.10 Å². The molecule has 3 aromatic rings. The number of nitrogen functional groups attached to an aromatic ring is 1. The van der Waals surface area contributed by atoms with E-state index in [9.17, 15) is 9.90 Å². The van der Waals surface area contributed by atoms with Crippen molar-refractivity contribution >= 4 is 23.2 Å². The van der Waals surface area contributed by atoms with E-state index in [0.29, 0.717) is 49.0 Å². The lowest BCUT2D eigenvalue weighted by atomic mass is 9.87. The molecule has 3 N–H and O–H groups in total. The molecule has 0 spiro atoms. The molecular weight excluding hydrogens is 336 g/mol. The molecule has 1 aliphatic heterocycles. The normalized spacial score (nSPS) is 16.9. The zero-order valence-corrected chi connectivity index (χ0v) is 14.4. The van der Waals surface area contributed by atoms with Crippen molar-refractivity contribution in [2.24, 2.45) is 0 Å². The summed E-state index contributed by atoms with van der Waals surface area (Å²) in [6.45, 7) is 2.68. The topological polar surface area (TPSA) is 123 Å². The van der Waals surface area contributed by atoms with E-state index >= 15 is 0 Å². The van der Waals surface area contributed by atoms with Crippen LogP contribution in [0.1, 0.15) is 26.2 Å². The zero-order chi connectivity index (χ0) is 18.3. The first-order valence-corrected chi connectivity index (χ1v) is 8.47. The van der Waals surface area contributed by atoms with E-state index in [1.165, 1.54) is 11.4 Å². The second-order valence-corrected chi connectivity index (χ2v) is 6.75. The maximum atomic E-state index is 11.3. The number of aromatic nitrogens is 4. The number of rotatable bonds is 4. The highest BCUT2D eigenvalue weighted by molar-refractivity contribution is 5.76. The summed E-state index contributed by atoms with van der Waals surface area (Å²) in [5.74, 6) is 1.90. The van der Waals surface area contributed by atoms with Crippen molar-refractivity contribution in [2.45, 2.75) is 31.8 Å². The molecule has 1 aliphatic rings. The standard InChI is InChI=1S/C17H20N6O3/c1-11(24)10-17(25)4-6-22(7-5-17)13-9-14-19-15(12-3-2-8-26-12)21-23(14)16(18)20-13/h2-3,8-9,25H,4-7,10H2,1H3,(H2,18,20). The van der Waals surface area contributed by atoms with Crippen LogP contribution < -0.4 is 10.6 Å². The first kappa shape index (κ1) is 16.5. The van der Waals surface area contributed by atoms with E-state index in [1.807, 2.05) is 11.0 Å². The van der Waals surface area contributed by atoms with Crippen LogP contribution in [0.5, 0.6) is 0 Å². The summed E-state index contributed by atoms with van der Waals surface area (Å²) in [7, 11) is 0. The molecule has 0 bridgehead atoms. The zero-order valence-electron chi connectivity index (χ0n) is 14.4. The van der Waals surface area contributed by atoms with E-state index in [-0.39, 0.29) is 18.2 Å². The second-order valence-electron chi connectivity index (χ2n) is 6.75. The summed E-state index contributed by atoms with van der Waals surface area (Å²) in [6, 6.07) is 5.36. The van der Waals surface area contributed by atoms with Crippen LogP contribution in [-0.2, 0) is 4.79 Å². The number of anilines is 2. The van der Waals surface area contributed by atoms with Crippen molar-refractivity contribution < 1.29 is 14.3 Å². The van der Waals surface area contributed by atoms with Crippen molar-refractivity contribution in [2.75, 3.05) is 23.7 Å². The van der Waals surface area contributed by atoms with Crippen LogP contribution in [0.25, 0.3) is 17.2 Å². The average Bonchev–Trinajstić information content (AvgIpc) is 3.23. The van der Waals surface area contributed by atoms with E-state index in [2.05, 4.69) is 15.1 Å². The van der Waals surface area contributed by atoms with Gasteiger partial charge in [0.05, 0.1) is 11.9 Å². The molecule has 9 heteroatoms. The Kier molecular flexibility index (Phi) is 3.87. The second kappa shape index (κ2) is 6.10. The van der Waals surface area contributed by atoms with Crippen LogP contribution in [0.15, 0.2) is 28.9 Å². The lowest BCUT2D eigenvalue weighted by molar-refractivity contribution is -0.122. The van der Waals surface area contributed by atoms with Gasteiger partial charge >= 0.3 is 0 Å². The Balaban J connectivity index is 1.59. The molecule has 4 heterocycles. The molecule has 136 valence electrons. The van der Waals surface area contributed by atoms with Gasteiger partial charge in [0.25, 0.3) is 0 Å². The molecule has 26 heavy (non-hydrogen) atoms. The summed E-state index contributed by atoms with van der Waals surface area (Å²) >= 11 is 0. The number of nitrogens with zero attached hydrogens (tertiary/aromatic N) is 5. The van der Waals surface area contributed by atoms with Gasteiger partial charge in [-0.05, 0) is 31.9 Å². The van der Waals surface area contributed by atoms with Gasteiger partial charge in [-0.1, -0.05) is 0 Å². The molecule has 9 nitrogen and oxygen atoms in total. The quantitative estimate of drug-likeness (QED) is 0.716. The van der Waals surface area contributed by atoms with Gasteiger partial charge in [0.15, 0.2) is 11.4 Å². The molecule has 0 aromatic carbocycles. The average molecular weight is 356 g/mol. The number of fused-ring (bicyclic) bond motifs is 1. The number of furan rings is 1. The third-order valence-electron chi connectivity index (χ3n) is 4.67. The summed E-state index contributed by atoms with van der Waals surface area (Å²) in [5, 5.41) is 14.8. The van der Waals surface area contributed by atoms with Crippen LogP contribution in [0.3, 0.4) is 0 Å². The minimum absolute atomic E-state index is 0.00125. The highest BCUT2D eigenvalue weighted by atomic mass is 16.3. The summed E-state index contributed by atoms with van der Waals surface area (Å²) in [4.78, 5) is 22.2. The lowest BCUT2D eigenvalue weighted by Gasteiger charge is -2.38. The van der Waals surface area contributed by atoms with Gasteiger partial charge in [-0.2, -0.15) is 9.50 Å². The maximum Gasteiger partial charge on any atom is 0.225 e. The van der Waals surface area contributed by atoms with Gasteiger partial charge in [-0.3, -0.25) is 4.79 Å². The molecule has 0 radical (unpaired) electrons. The number of hydrogen-bond acceptors (Lipinski definition) is 8. The van der Waals surface area contributed by atoms with Gasteiger partial charge in [0.1, 0.15) is 11.6 Å². The predicted octanol–water partition coefficient (Wildman–Crippen LogP) is 1.28. The Labute approximate surface area is 149 Å². The molecule has 1 fully saturated rings. The molecular formula is C17H20N6O3. The summed E-state index contributed by atoms with van der Waals surface area (Å²) in [5.41, 5.74) is 5.69. The van der Waals surface area contributed by atoms with Crippen molar-refractivity contribution in [1.29, 1.82) is 0 Å². The third-order valence-corrected chi connectivity index (χ3v) is 4.67. The summed E-state index contributed by atoms with van der Waals surface area (Å²) < 4.78 is 6.79. The number of hydrogen-bond donors (Lipinski definition) is 2. The number of Topliss-reactive ketones (excluding diaryl/α,β-unsaturated/α-hetero) is 1. The van der Waals surface area contributed by atoms with E-state index < -0.39 is 5.60 Å². The van der Waals surface area contributed by atoms with E-state index in [1.54, 1.807) is 18.4 Å². The molecule has 0 amide bonds. The Bertz CT molecular complexity index is 941. The molecule has 1 saturated heterocycles. The third kappa shape index (κ3) is 3.01. The number of carbonyl (C=O) groups excluding carboxylic acids is 1. The van der Waals surface area contributed by atoms with Gasteiger partial charge in [0.2, 0.25) is 11.8 Å². The fourth-order valence-electron chi connectivity index (χ4n) is 3.36. The maximum absolute atomic E-state index is 11.3. The number of ketones is 1. The minimum Gasteiger partial charge on any atom is -0.461 e. The molecule has 0 aliphatic carbocycles. The summed E-state index contributed by atoms with van der Waals surface area (Å²) in [6.07, 6.45) is 2.75. The molecule has 0 saturated carbocycles. The highest BCUT2D eigenvalue weighted by Crippen LogP contribution is 2.29. The van der Waals surface area contributed by atoms with Crippen LogP contribution >= 0.6 is 0 Å². The minimum atomic E-state index is -0.931. The molecule has 0 unspecified atom stereocenters. The Morgan fingerprint density at radius 1 is 1.38 bits per heavy atom. The number of aliphatic hydroxyl groups is 1. The number of carbonyl (C=O) groups is 1. The Morgan fingerprint density at radius 3 is 2.81 bits per heavy atom.